The summed E-state index contributed by atoms with van der Waals surface area (Å²) in [6.45, 7) is 1.18. The van der Waals surface area contributed by atoms with Crippen LogP contribution in [0.3, 0.4) is 0 Å². The van der Waals surface area contributed by atoms with E-state index in [-0.39, 0.29) is 17.7 Å². The van der Waals surface area contributed by atoms with E-state index in [0.717, 1.165) is 5.56 Å². The first-order valence-electron chi connectivity index (χ1n) is 8.20. The number of hydrogen-bond donors (Lipinski definition) is 1. The van der Waals surface area contributed by atoms with Crippen molar-refractivity contribution in [2.24, 2.45) is 11.7 Å². The Balaban J connectivity index is 1.50. The van der Waals surface area contributed by atoms with E-state index < -0.39 is 0 Å². The molecule has 0 unspecified atom stereocenters. The number of primary amides is 1. The molecule has 126 valence electrons. The Bertz CT molecular complexity index is 703. The number of amides is 2. The van der Waals surface area contributed by atoms with Gasteiger partial charge in [-0.3, -0.25) is 9.59 Å². The van der Waals surface area contributed by atoms with Gasteiger partial charge in [-0.05, 0) is 12.8 Å². The molecule has 0 bridgehead atoms. The van der Waals surface area contributed by atoms with Gasteiger partial charge in [0.2, 0.25) is 11.8 Å². The van der Waals surface area contributed by atoms with Crippen LogP contribution >= 0.6 is 0 Å². The lowest BCUT2D eigenvalue weighted by atomic mass is 9.96. The van der Waals surface area contributed by atoms with Crippen LogP contribution in [-0.4, -0.2) is 34.8 Å². The normalized spacial score (nSPS) is 15.4. The maximum absolute atomic E-state index is 12.3. The SMILES string of the molecule is NC(=O)C1CCN(C(=O)CCc2ncc(-c3ccccc3)o2)CC1. The standard InChI is InChI=1S/C18H21N3O3/c19-18(23)14-8-10-21(11-9-14)17(22)7-6-16-20-12-15(24-16)13-4-2-1-3-5-13/h1-5,12,14H,6-11H2,(H2,19,23). The molecule has 2 aromatic rings. The van der Waals surface area contributed by atoms with E-state index in [9.17, 15) is 9.59 Å². The number of carbonyl (C=O) groups is 2. The molecule has 2 N–H and O–H groups in total. The summed E-state index contributed by atoms with van der Waals surface area (Å²) < 4.78 is 5.71. The van der Waals surface area contributed by atoms with Gasteiger partial charge in [0.1, 0.15) is 0 Å². The van der Waals surface area contributed by atoms with E-state index in [1.807, 2.05) is 30.3 Å². The van der Waals surface area contributed by atoms with Crippen LogP contribution in [0.4, 0.5) is 0 Å². The Morgan fingerprint density at radius 3 is 2.58 bits per heavy atom. The Morgan fingerprint density at radius 1 is 1.21 bits per heavy atom. The number of oxazole rings is 1. The topological polar surface area (TPSA) is 89.4 Å². The van der Waals surface area contributed by atoms with Gasteiger partial charge in [-0.15, -0.1) is 0 Å². The molecule has 6 heteroatoms. The number of rotatable bonds is 5. The van der Waals surface area contributed by atoms with Crippen LogP contribution < -0.4 is 5.73 Å². The van der Waals surface area contributed by atoms with Gasteiger partial charge in [-0.2, -0.15) is 0 Å². The van der Waals surface area contributed by atoms with Crippen molar-refractivity contribution in [3.8, 4) is 11.3 Å². The van der Waals surface area contributed by atoms with Crippen LogP contribution in [0.2, 0.25) is 0 Å². The minimum atomic E-state index is -0.268. The lowest BCUT2D eigenvalue weighted by molar-refractivity contribution is -0.134. The second-order valence-corrected chi connectivity index (χ2v) is 6.04. The summed E-state index contributed by atoms with van der Waals surface area (Å²) in [5, 5.41) is 0. The highest BCUT2D eigenvalue weighted by Crippen LogP contribution is 2.21. The van der Waals surface area contributed by atoms with Crippen LogP contribution in [0, 0.1) is 5.92 Å². The molecular formula is C18H21N3O3. The smallest absolute Gasteiger partial charge is 0.223 e. The second kappa shape index (κ2) is 7.29. The predicted molar refractivity (Wildman–Crippen MR) is 88.8 cm³/mol. The van der Waals surface area contributed by atoms with Crippen molar-refractivity contribution in [2.45, 2.75) is 25.7 Å². The van der Waals surface area contributed by atoms with Crippen molar-refractivity contribution in [1.82, 2.24) is 9.88 Å². The lowest BCUT2D eigenvalue weighted by Gasteiger charge is -2.30. The molecule has 0 saturated carbocycles. The molecule has 1 fully saturated rings. The van der Waals surface area contributed by atoms with Crippen molar-refractivity contribution in [3.63, 3.8) is 0 Å². The van der Waals surface area contributed by atoms with Gasteiger partial charge in [0.25, 0.3) is 0 Å². The monoisotopic (exact) mass is 327 g/mol. The molecule has 6 nitrogen and oxygen atoms in total. The molecule has 1 aliphatic heterocycles. The van der Waals surface area contributed by atoms with Crippen molar-refractivity contribution in [3.05, 3.63) is 42.4 Å². The van der Waals surface area contributed by atoms with Gasteiger partial charge >= 0.3 is 0 Å². The Labute approximate surface area is 140 Å². The average Bonchev–Trinajstić information content (AvgIpc) is 3.09. The Hall–Kier alpha value is -2.63. The summed E-state index contributed by atoms with van der Waals surface area (Å²) in [4.78, 5) is 29.5. The number of carbonyl (C=O) groups excluding carboxylic acids is 2. The van der Waals surface area contributed by atoms with Crippen molar-refractivity contribution >= 4 is 11.8 Å². The summed E-state index contributed by atoms with van der Waals surface area (Å²) in [6.07, 6.45) is 3.82. The summed E-state index contributed by atoms with van der Waals surface area (Å²) in [5.41, 5.74) is 6.28. The van der Waals surface area contributed by atoms with E-state index in [1.54, 1.807) is 11.1 Å². The Morgan fingerprint density at radius 2 is 1.92 bits per heavy atom. The molecule has 0 atom stereocenters. The second-order valence-electron chi connectivity index (χ2n) is 6.04. The van der Waals surface area contributed by atoms with Gasteiger partial charge in [0, 0.05) is 37.4 Å². The predicted octanol–water partition coefficient (Wildman–Crippen LogP) is 2.00. The lowest BCUT2D eigenvalue weighted by Crippen LogP contribution is -2.41. The summed E-state index contributed by atoms with van der Waals surface area (Å²) in [6, 6.07) is 9.74. The molecule has 1 aliphatic rings. The first-order valence-corrected chi connectivity index (χ1v) is 8.20. The summed E-state index contributed by atoms with van der Waals surface area (Å²) in [7, 11) is 0. The third-order valence-electron chi connectivity index (χ3n) is 4.41. The van der Waals surface area contributed by atoms with Gasteiger partial charge < -0.3 is 15.1 Å². The fourth-order valence-electron chi connectivity index (χ4n) is 2.95. The zero-order valence-electron chi connectivity index (χ0n) is 13.5. The Kier molecular flexibility index (Phi) is 4.93. The molecule has 0 aliphatic carbocycles. The first kappa shape index (κ1) is 16.2. The quantitative estimate of drug-likeness (QED) is 0.909. The van der Waals surface area contributed by atoms with E-state index in [1.165, 1.54) is 0 Å². The summed E-state index contributed by atoms with van der Waals surface area (Å²) in [5.74, 6) is 0.969. The molecule has 1 saturated heterocycles. The molecular weight excluding hydrogens is 306 g/mol. The molecule has 1 aromatic carbocycles. The van der Waals surface area contributed by atoms with Crippen LogP contribution in [0.5, 0.6) is 0 Å². The van der Waals surface area contributed by atoms with E-state index in [2.05, 4.69) is 4.98 Å². The third-order valence-corrected chi connectivity index (χ3v) is 4.41. The highest BCUT2D eigenvalue weighted by atomic mass is 16.4. The maximum Gasteiger partial charge on any atom is 0.223 e. The van der Waals surface area contributed by atoms with Crippen LogP contribution in [0.1, 0.15) is 25.2 Å². The number of nitrogens with zero attached hydrogens (tertiary/aromatic N) is 2. The minimum absolute atomic E-state index is 0.0670. The van der Waals surface area contributed by atoms with Gasteiger partial charge in [0.05, 0.1) is 6.20 Å². The highest BCUT2D eigenvalue weighted by molar-refractivity contribution is 5.79. The van der Waals surface area contributed by atoms with E-state index >= 15 is 0 Å². The van der Waals surface area contributed by atoms with Gasteiger partial charge in [-0.1, -0.05) is 30.3 Å². The fourth-order valence-corrected chi connectivity index (χ4v) is 2.95. The minimum Gasteiger partial charge on any atom is -0.441 e. The summed E-state index contributed by atoms with van der Waals surface area (Å²) >= 11 is 0. The number of aryl methyl sites for hydroxylation is 1. The maximum atomic E-state index is 12.3. The largest absolute Gasteiger partial charge is 0.441 e. The van der Waals surface area contributed by atoms with Gasteiger partial charge in [0.15, 0.2) is 11.7 Å². The van der Waals surface area contributed by atoms with Crippen molar-refractivity contribution < 1.29 is 14.0 Å². The zero-order valence-corrected chi connectivity index (χ0v) is 13.5. The van der Waals surface area contributed by atoms with Crippen molar-refractivity contribution in [1.29, 1.82) is 0 Å². The fraction of sp³-hybridized carbons (Fsp3) is 0.389. The number of aromatic nitrogens is 1. The van der Waals surface area contributed by atoms with E-state index in [4.69, 9.17) is 10.2 Å². The highest BCUT2D eigenvalue weighted by Gasteiger charge is 2.25. The molecule has 0 spiro atoms. The molecule has 1 aromatic heterocycles. The van der Waals surface area contributed by atoms with Crippen LogP contribution in [0.15, 0.2) is 40.9 Å². The first-order chi connectivity index (χ1) is 11.6. The third kappa shape index (κ3) is 3.82. The average molecular weight is 327 g/mol. The van der Waals surface area contributed by atoms with Crippen LogP contribution in [0.25, 0.3) is 11.3 Å². The number of likely N-dealkylation sites (tertiary alicyclic amines) is 1. The van der Waals surface area contributed by atoms with Crippen LogP contribution in [-0.2, 0) is 16.0 Å². The number of benzene rings is 1. The van der Waals surface area contributed by atoms with E-state index in [0.29, 0.717) is 50.4 Å². The zero-order chi connectivity index (χ0) is 16.9. The van der Waals surface area contributed by atoms with Gasteiger partial charge in [-0.25, -0.2) is 4.98 Å². The molecule has 2 heterocycles. The van der Waals surface area contributed by atoms with Crippen molar-refractivity contribution in [2.75, 3.05) is 13.1 Å². The molecule has 2 amide bonds. The number of nitrogens with two attached hydrogens (primary N) is 1. The number of hydrogen-bond acceptors (Lipinski definition) is 4. The molecule has 3 rings (SSSR count). The molecule has 24 heavy (non-hydrogen) atoms. The molecule has 0 radical (unpaired) electrons. The number of piperidine rings is 1.